The van der Waals surface area contributed by atoms with E-state index in [0.717, 1.165) is 46.9 Å². The lowest BCUT2D eigenvalue weighted by atomic mass is 9.47. The molecule has 5 aliphatic carbocycles. The summed E-state index contributed by atoms with van der Waals surface area (Å²) in [6, 6.07) is 19.8. The number of aliphatic hydroxyl groups is 1. The van der Waals surface area contributed by atoms with Crippen LogP contribution in [0.15, 0.2) is 54.6 Å². The quantitative estimate of drug-likeness (QED) is 0.357. The lowest BCUT2D eigenvalue weighted by molar-refractivity contribution is -0.131. The fourth-order valence-corrected chi connectivity index (χ4v) is 9.08. The Kier molecular flexibility index (Phi) is 6.04. The molecule has 5 aliphatic rings. The van der Waals surface area contributed by atoms with Crippen LogP contribution >= 0.6 is 0 Å². The summed E-state index contributed by atoms with van der Waals surface area (Å²) < 4.78 is 0. The van der Waals surface area contributed by atoms with Crippen LogP contribution in [0.5, 0.6) is 0 Å². The maximum Gasteiger partial charge on any atom is 0.147 e. The molecule has 38 heavy (non-hydrogen) atoms. The minimum absolute atomic E-state index is 0.0655. The Morgan fingerprint density at radius 1 is 0.737 bits per heavy atom. The van der Waals surface area contributed by atoms with Gasteiger partial charge in [-0.1, -0.05) is 42.5 Å². The number of aryl methyl sites for hydroxylation is 1. The largest absolute Gasteiger partial charge is 0.396 e. The molecule has 8 rings (SSSR count). The molecule has 196 valence electrons. The first-order chi connectivity index (χ1) is 18.5. The molecule has 0 heterocycles. The lowest BCUT2D eigenvalue weighted by Gasteiger charge is -2.57. The second-order valence-corrected chi connectivity index (χ2v) is 12.9. The van der Waals surface area contributed by atoms with Crippen LogP contribution in [0.3, 0.4) is 0 Å². The second kappa shape index (κ2) is 9.45. The molecule has 5 fully saturated rings. The second-order valence-electron chi connectivity index (χ2n) is 12.9. The van der Waals surface area contributed by atoms with E-state index in [9.17, 15) is 14.7 Å². The van der Waals surface area contributed by atoms with Crippen molar-refractivity contribution in [3.05, 3.63) is 71.3 Å². The van der Waals surface area contributed by atoms with E-state index in [0.29, 0.717) is 24.7 Å². The van der Waals surface area contributed by atoms with Crippen LogP contribution in [0.25, 0.3) is 21.9 Å². The van der Waals surface area contributed by atoms with E-state index < -0.39 is 5.92 Å². The lowest BCUT2D eigenvalue weighted by Crippen LogP contribution is -2.49. The summed E-state index contributed by atoms with van der Waals surface area (Å²) in [4.78, 5) is 25.0. The van der Waals surface area contributed by atoms with E-state index >= 15 is 0 Å². The van der Waals surface area contributed by atoms with Crippen LogP contribution in [-0.4, -0.2) is 23.3 Å². The van der Waals surface area contributed by atoms with Gasteiger partial charge >= 0.3 is 0 Å². The Balaban J connectivity index is 1.25. The smallest absolute Gasteiger partial charge is 0.147 e. The van der Waals surface area contributed by atoms with Crippen molar-refractivity contribution in [2.75, 3.05) is 6.61 Å². The Hall–Kier alpha value is -2.78. The summed E-state index contributed by atoms with van der Waals surface area (Å²) in [5, 5.41) is 11.8. The molecule has 3 heteroatoms. The van der Waals surface area contributed by atoms with Gasteiger partial charge in [0.2, 0.25) is 0 Å². The number of benzene rings is 3. The Labute approximate surface area is 225 Å². The predicted molar refractivity (Wildman–Crippen MR) is 151 cm³/mol. The topological polar surface area (TPSA) is 54.4 Å². The zero-order chi connectivity index (χ0) is 25.9. The summed E-state index contributed by atoms with van der Waals surface area (Å²) in [5.41, 5.74) is 6.66. The molecule has 3 nitrogen and oxygen atoms in total. The Bertz CT molecular complexity index is 1360. The molecule has 0 atom stereocenters. The summed E-state index contributed by atoms with van der Waals surface area (Å²) in [7, 11) is 0. The molecule has 0 aliphatic heterocycles. The highest BCUT2D eigenvalue weighted by Gasteiger charge is 2.52. The van der Waals surface area contributed by atoms with Crippen molar-refractivity contribution >= 4 is 22.3 Å². The van der Waals surface area contributed by atoms with Crippen molar-refractivity contribution in [3.8, 4) is 11.1 Å². The van der Waals surface area contributed by atoms with Crippen molar-refractivity contribution in [3.63, 3.8) is 0 Å². The number of hydrogen-bond donors (Lipinski definition) is 1. The molecule has 0 unspecified atom stereocenters. The number of aliphatic hydroxyl groups excluding tert-OH is 1. The third-order valence-electron chi connectivity index (χ3n) is 10.3. The van der Waals surface area contributed by atoms with E-state index in [1.165, 1.54) is 55.2 Å². The van der Waals surface area contributed by atoms with Gasteiger partial charge in [0.25, 0.3) is 0 Å². The molecule has 1 N–H and O–H groups in total. The number of carbonyl (C=O) groups excluding carboxylic acids is 2. The van der Waals surface area contributed by atoms with Gasteiger partial charge in [0.15, 0.2) is 0 Å². The average Bonchev–Trinajstić information content (AvgIpc) is 2.91. The number of hydrogen-bond acceptors (Lipinski definition) is 3. The first kappa shape index (κ1) is 24.3. The van der Waals surface area contributed by atoms with Gasteiger partial charge in [-0.25, -0.2) is 0 Å². The van der Waals surface area contributed by atoms with Crippen molar-refractivity contribution in [1.82, 2.24) is 0 Å². The monoisotopic (exact) mass is 506 g/mol. The van der Waals surface area contributed by atoms with Crippen LogP contribution < -0.4 is 0 Å². The fraction of sp³-hybridized carbons (Fsp3) is 0.486. The molecule has 0 aromatic heterocycles. The average molecular weight is 507 g/mol. The molecule has 0 amide bonds. The van der Waals surface area contributed by atoms with Gasteiger partial charge < -0.3 is 5.11 Å². The minimum Gasteiger partial charge on any atom is -0.396 e. The molecule has 3 aromatic rings. The van der Waals surface area contributed by atoms with E-state index in [1.54, 1.807) is 5.56 Å². The minimum atomic E-state index is -0.581. The normalized spacial score (nSPS) is 28.9. The molecule has 0 radical (unpaired) electrons. The number of fused-ring (bicyclic) bond motifs is 1. The van der Waals surface area contributed by atoms with Gasteiger partial charge in [-0.2, -0.15) is 0 Å². The van der Waals surface area contributed by atoms with Crippen molar-refractivity contribution in [2.45, 2.75) is 82.0 Å². The van der Waals surface area contributed by atoms with Gasteiger partial charge in [-0.15, -0.1) is 0 Å². The van der Waals surface area contributed by atoms with Crippen LogP contribution in [0, 0.1) is 17.8 Å². The summed E-state index contributed by atoms with van der Waals surface area (Å²) in [6.45, 7) is 0.243. The zero-order valence-electron chi connectivity index (χ0n) is 22.3. The van der Waals surface area contributed by atoms with Crippen LogP contribution in [-0.2, 0) is 21.4 Å². The van der Waals surface area contributed by atoms with Crippen LogP contribution in [0.1, 0.15) is 86.8 Å². The summed E-state index contributed by atoms with van der Waals surface area (Å²) in [5.74, 6) is 2.24. The van der Waals surface area contributed by atoms with E-state index in [2.05, 4.69) is 42.5 Å². The Morgan fingerprint density at radius 3 is 2.03 bits per heavy atom. The fourth-order valence-electron chi connectivity index (χ4n) is 9.08. The van der Waals surface area contributed by atoms with Gasteiger partial charge in [0, 0.05) is 19.4 Å². The van der Waals surface area contributed by atoms with Gasteiger partial charge in [0.05, 0.1) is 0 Å². The van der Waals surface area contributed by atoms with E-state index in [-0.39, 0.29) is 18.2 Å². The number of ketones is 2. The molecule has 0 saturated heterocycles. The van der Waals surface area contributed by atoms with Crippen molar-refractivity contribution in [2.24, 2.45) is 17.8 Å². The zero-order valence-corrected chi connectivity index (χ0v) is 22.3. The number of carbonyl (C=O) groups is 2. The van der Waals surface area contributed by atoms with Crippen molar-refractivity contribution in [1.29, 1.82) is 0 Å². The molecule has 5 saturated carbocycles. The third kappa shape index (κ3) is 4.14. The molecule has 3 aromatic carbocycles. The SMILES string of the molecule is O=C1CCCC(=O)C1c1ccc2cc(-c3ccc(CCCO)c(C45CC6CC(CC(C6)C4)C5)c3)ccc2c1. The maximum atomic E-state index is 12.5. The van der Waals surface area contributed by atoms with Crippen LogP contribution in [0.4, 0.5) is 0 Å². The summed E-state index contributed by atoms with van der Waals surface area (Å²) in [6.07, 6.45) is 11.8. The highest BCUT2D eigenvalue weighted by molar-refractivity contribution is 6.10. The number of Topliss-reactive ketones (excluding diaryl/α,β-unsaturated/α-hetero) is 2. The molecule has 4 bridgehead atoms. The first-order valence-corrected chi connectivity index (χ1v) is 14.9. The summed E-state index contributed by atoms with van der Waals surface area (Å²) >= 11 is 0. The standard InChI is InChI=1S/C35H38O3/c36-12-2-3-25-6-7-29(18-31(25)35-19-22-13-23(20-35)15-24(14-22)21-35)27-8-9-28-17-30(11-10-26(28)16-27)34-32(37)4-1-5-33(34)38/h6-11,16-18,22-24,34,36H,1-5,12-15,19-21H2. The predicted octanol–water partition coefficient (Wildman–Crippen LogP) is 7.31. The van der Waals surface area contributed by atoms with Gasteiger partial charge in [-0.3, -0.25) is 9.59 Å². The number of rotatable bonds is 6. The van der Waals surface area contributed by atoms with Gasteiger partial charge in [0.1, 0.15) is 17.5 Å². The van der Waals surface area contributed by atoms with E-state index in [1.807, 2.05) is 12.1 Å². The Morgan fingerprint density at radius 2 is 1.34 bits per heavy atom. The van der Waals surface area contributed by atoms with Crippen LogP contribution in [0.2, 0.25) is 0 Å². The van der Waals surface area contributed by atoms with Crippen molar-refractivity contribution < 1.29 is 14.7 Å². The highest BCUT2D eigenvalue weighted by atomic mass is 16.3. The molecular weight excluding hydrogens is 468 g/mol. The first-order valence-electron chi connectivity index (χ1n) is 14.9. The third-order valence-corrected chi connectivity index (χ3v) is 10.3. The maximum absolute atomic E-state index is 12.5. The molecular formula is C35H38O3. The highest BCUT2D eigenvalue weighted by Crippen LogP contribution is 2.61. The van der Waals surface area contributed by atoms with E-state index in [4.69, 9.17) is 0 Å². The molecule has 0 spiro atoms. The van der Waals surface area contributed by atoms with Gasteiger partial charge in [-0.05, 0) is 132 Å².